The molecule has 6 nitrogen and oxygen atoms in total. The highest BCUT2D eigenvalue weighted by Gasteiger charge is 2.17. The molecule has 0 aliphatic heterocycles. The topological polar surface area (TPSA) is 79.8 Å². The molecule has 0 saturated heterocycles. The zero-order chi connectivity index (χ0) is 20.0. The molecule has 0 amide bonds. The van der Waals surface area contributed by atoms with Crippen LogP contribution in [0.2, 0.25) is 10.0 Å². The second-order valence-electron chi connectivity index (χ2n) is 6.50. The number of carbonyl (C=O) groups excluding carboxylic acids is 1. The van der Waals surface area contributed by atoms with Gasteiger partial charge in [0.15, 0.2) is 0 Å². The van der Waals surface area contributed by atoms with Crippen LogP contribution in [0.25, 0.3) is 21.8 Å². The summed E-state index contributed by atoms with van der Waals surface area (Å²) in [5, 5.41) is 5.41. The third-order valence-corrected chi connectivity index (χ3v) is 5.50. The van der Waals surface area contributed by atoms with Gasteiger partial charge in [0.1, 0.15) is 6.29 Å². The molecule has 142 valence electrons. The van der Waals surface area contributed by atoms with Gasteiger partial charge in [-0.15, -0.1) is 0 Å². The molecule has 0 bridgehead atoms. The molecule has 2 heterocycles. The van der Waals surface area contributed by atoms with Crippen molar-refractivity contribution in [3.05, 3.63) is 62.0 Å². The fourth-order valence-electron chi connectivity index (χ4n) is 3.43. The van der Waals surface area contributed by atoms with Crippen molar-refractivity contribution in [2.24, 2.45) is 7.05 Å². The summed E-state index contributed by atoms with van der Waals surface area (Å²) in [5.41, 5.74) is 3.13. The summed E-state index contributed by atoms with van der Waals surface area (Å²) in [5.74, 6) is 0.506. The number of aryl methyl sites for hydroxylation is 2. The minimum atomic E-state index is -0.256. The monoisotopic (exact) mass is 414 g/mol. The lowest BCUT2D eigenvalue weighted by atomic mass is 10.0. The number of carbonyl (C=O) groups is 1. The van der Waals surface area contributed by atoms with Gasteiger partial charge in [-0.05, 0) is 36.1 Å². The number of pyridine rings is 1. The SMILES string of the molecule is Cc1c(CC=O)[nH]c(=O)c2c1ccc1nc(Nc3c(Cl)cccc3Cl)n(C)c12. The molecular formula is C20H16Cl2N4O2. The molecule has 0 spiro atoms. The van der Waals surface area contributed by atoms with E-state index in [1.807, 2.05) is 26.1 Å². The van der Waals surface area contributed by atoms with Gasteiger partial charge in [-0.2, -0.15) is 0 Å². The molecule has 0 fully saturated rings. The molecule has 0 saturated carbocycles. The summed E-state index contributed by atoms with van der Waals surface area (Å²) in [6.07, 6.45) is 0.945. The van der Waals surface area contributed by atoms with Crippen molar-refractivity contribution in [2.45, 2.75) is 13.3 Å². The van der Waals surface area contributed by atoms with E-state index in [1.54, 1.807) is 22.8 Å². The maximum atomic E-state index is 12.8. The van der Waals surface area contributed by atoms with Crippen LogP contribution in [-0.4, -0.2) is 20.8 Å². The second kappa shape index (κ2) is 6.96. The van der Waals surface area contributed by atoms with Gasteiger partial charge in [-0.3, -0.25) is 4.79 Å². The zero-order valence-electron chi connectivity index (χ0n) is 15.1. The average Bonchev–Trinajstić information content (AvgIpc) is 2.98. The van der Waals surface area contributed by atoms with E-state index in [0.717, 1.165) is 17.2 Å². The van der Waals surface area contributed by atoms with Crippen molar-refractivity contribution in [3.8, 4) is 0 Å². The van der Waals surface area contributed by atoms with Gasteiger partial charge in [-0.1, -0.05) is 35.3 Å². The molecule has 2 aromatic carbocycles. The Morgan fingerprint density at radius 3 is 2.61 bits per heavy atom. The van der Waals surface area contributed by atoms with Crippen LogP contribution in [-0.2, 0) is 18.3 Å². The van der Waals surface area contributed by atoms with Gasteiger partial charge >= 0.3 is 0 Å². The van der Waals surface area contributed by atoms with Crippen molar-refractivity contribution in [2.75, 3.05) is 5.32 Å². The second-order valence-corrected chi connectivity index (χ2v) is 7.31. The molecule has 28 heavy (non-hydrogen) atoms. The number of anilines is 2. The first-order valence-corrected chi connectivity index (χ1v) is 9.33. The van der Waals surface area contributed by atoms with Crippen LogP contribution in [0.5, 0.6) is 0 Å². The number of aromatic nitrogens is 3. The van der Waals surface area contributed by atoms with Crippen molar-refractivity contribution >= 4 is 62.9 Å². The summed E-state index contributed by atoms with van der Waals surface area (Å²) in [7, 11) is 1.82. The Balaban J connectivity index is 1.97. The lowest BCUT2D eigenvalue weighted by Crippen LogP contribution is -2.13. The number of halogens is 2. The first-order valence-electron chi connectivity index (χ1n) is 8.58. The number of para-hydroxylation sites is 1. The first-order chi connectivity index (χ1) is 13.4. The largest absolute Gasteiger partial charge is 0.325 e. The van der Waals surface area contributed by atoms with Crippen molar-refractivity contribution in [1.29, 1.82) is 0 Å². The van der Waals surface area contributed by atoms with Crippen LogP contribution in [0.15, 0.2) is 35.1 Å². The standard InChI is InChI=1S/C20H16Cl2N4O2/c1-10-11-6-7-15-18(16(11)19(28)23-14(10)8-9-27)26(2)20(24-15)25-17-12(21)4-3-5-13(17)22/h3-7,9H,8H2,1-2H3,(H,23,28)(H,24,25). The Morgan fingerprint density at radius 2 is 1.93 bits per heavy atom. The number of hydrogen-bond acceptors (Lipinski definition) is 4. The fraction of sp³-hybridized carbons (Fsp3) is 0.150. The number of hydrogen-bond donors (Lipinski definition) is 2. The smallest absolute Gasteiger partial charge is 0.258 e. The fourth-order valence-corrected chi connectivity index (χ4v) is 3.92. The van der Waals surface area contributed by atoms with Gasteiger partial charge in [0, 0.05) is 19.2 Å². The molecule has 8 heteroatoms. The van der Waals surface area contributed by atoms with Crippen LogP contribution < -0.4 is 10.9 Å². The number of H-pyrrole nitrogens is 1. The van der Waals surface area contributed by atoms with Gasteiger partial charge in [0.25, 0.3) is 5.56 Å². The minimum Gasteiger partial charge on any atom is -0.325 e. The zero-order valence-corrected chi connectivity index (χ0v) is 16.6. The van der Waals surface area contributed by atoms with E-state index in [2.05, 4.69) is 15.3 Å². The predicted molar refractivity (Wildman–Crippen MR) is 113 cm³/mol. The number of nitrogens with zero attached hydrogens (tertiary/aromatic N) is 2. The van der Waals surface area contributed by atoms with Crippen molar-refractivity contribution in [1.82, 2.24) is 14.5 Å². The third-order valence-electron chi connectivity index (χ3n) is 4.87. The highest BCUT2D eigenvalue weighted by molar-refractivity contribution is 6.39. The van der Waals surface area contributed by atoms with E-state index in [1.165, 1.54) is 0 Å². The van der Waals surface area contributed by atoms with E-state index < -0.39 is 0 Å². The summed E-state index contributed by atoms with van der Waals surface area (Å²) in [6, 6.07) is 8.94. The maximum absolute atomic E-state index is 12.8. The molecule has 0 aliphatic rings. The summed E-state index contributed by atoms with van der Waals surface area (Å²) in [6.45, 7) is 1.89. The van der Waals surface area contributed by atoms with Crippen LogP contribution in [0.4, 0.5) is 11.6 Å². The molecule has 0 radical (unpaired) electrons. The number of benzene rings is 2. The van der Waals surface area contributed by atoms with Crippen LogP contribution in [0.3, 0.4) is 0 Å². The number of aldehydes is 1. The highest BCUT2D eigenvalue weighted by atomic mass is 35.5. The van der Waals surface area contributed by atoms with Crippen LogP contribution in [0.1, 0.15) is 11.3 Å². The molecule has 0 aliphatic carbocycles. The number of rotatable bonds is 4. The Bertz CT molecular complexity index is 1290. The predicted octanol–water partition coefficient (Wildman–Crippen LogP) is 4.52. The minimum absolute atomic E-state index is 0.165. The molecule has 4 aromatic rings. The summed E-state index contributed by atoms with van der Waals surface area (Å²) in [4.78, 5) is 31.1. The first kappa shape index (κ1) is 18.5. The van der Waals surface area contributed by atoms with E-state index in [-0.39, 0.29) is 12.0 Å². The quantitative estimate of drug-likeness (QED) is 0.481. The molecule has 2 N–H and O–H groups in total. The van der Waals surface area contributed by atoms with Crippen molar-refractivity contribution in [3.63, 3.8) is 0 Å². The molecular weight excluding hydrogens is 399 g/mol. The Hall–Kier alpha value is -2.83. The van der Waals surface area contributed by atoms with E-state index in [9.17, 15) is 9.59 Å². The lowest BCUT2D eigenvalue weighted by Gasteiger charge is -2.11. The molecule has 0 unspecified atom stereocenters. The normalized spacial score (nSPS) is 11.3. The van der Waals surface area contributed by atoms with E-state index in [4.69, 9.17) is 23.2 Å². The summed E-state index contributed by atoms with van der Waals surface area (Å²) >= 11 is 12.5. The van der Waals surface area contributed by atoms with E-state index >= 15 is 0 Å². The highest BCUT2D eigenvalue weighted by Crippen LogP contribution is 2.34. The number of imidazole rings is 1. The molecule has 0 atom stereocenters. The lowest BCUT2D eigenvalue weighted by molar-refractivity contribution is -0.107. The Morgan fingerprint density at radius 1 is 1.21 bits per heavy atom. The molecule has 4 rings (SSSR count). The maximum Gasteiger partial charge on any atom is 0.258 e. The van der Waals surface area contributed by atoms with Gasteiger partial charge in [-0.25, -0.2) is 4.98 Å². The van der Waals surface area contributed by atoms with Gasteiger partial charge < -0.3 is 19.7 Å². The number of fused-ring (bicyclic) bond motifs is 3. The Kier molecular flexibility index (Phi) is 4.61. The third kappa shape index (κ3) is 2.85. The van der Waals surface area contributed by atoms with Crippen LogP contribution in [0, 0.1) is 6.92 Å². The number of nitrogens with one attached hydrogen (secondary N) is 2. The van der Waals surface area contributed by atoms with Crippen molar-refractivity contribution < 1.29 is 4.79 Å². The summed E-state index contributed by atoms with van der Waals surface area (Å²) < 4.78 is 1.80. The molecule has 2 aromatic heterocycles. The van der Waals surface area contributed by atoms with E-state index in [0.29, 0.717) is 43.8 Å². The van der Waals surface area contributed by atoms with Gasteiger partial charge in [0.2, 0.25) is 5.95 Å². The Labute approximate surface area is 170 Å². The average molecular weight is 415 g/mol. The van der Waals surface area contributed by atoms with Crippen LogP contribution >= 0.6 is 23.2 Å². The number of aromatic amines is 1. The van der Waals surface area contributed by atoms with Gasteiger partial charge in [0.05, 0.1) is 32.2 Å².